The number of benzene rings is 2. The molecule has 4 rings (SSSR count). The summed E-state index contributed by atoms with van der Waals surface area (Å²) in [7, 11) is 7.59. The van der Waals surface area contributed by atoms with Gasteiger partial charge in [-0.2, -0.15) is 10.4 Å². The molecule has 0 atom stereocenters. The van der Waals surface area contributed by atoms with Crippen LogP contribution in [0.25, 0.3) is 22.3 Å². The summed E-state index contributed by atoms with van der Waals surface area (Å²) in [6.07, 6.45) is 1.43. The number of hydrogen-bond acceptors (Lipinski definition) is 9. The highest BCUT2D eigenvalue weighted by Gasteiger charge is 2.22. The summed E-state index contributed by atoms with van der Waals surface area (Å²) < 4.78 is 1.74. The molecule has 184 valence electrons. The Hall–Kier alpha value is -4.56. The Kier molecular flexibility index (Phi) is 6.80. The number of nitrogens with zero attached hydrogens (tertiary/aromatic N) is 8. The van der Waals surface area contributed by atoms with Gasteiger partial charge in [-0.05, 0) is 38.7 Å². The Labute approximate surface area is 208 Å². The van der Waals surface area contributed by atoms with Crippen LogP contribution in [0.5, 0.6) is 0 Å². The number of nitriles is 1. The van der Waals surface area contributed by atoms with Gasteiger partial charge in [0, 0.05) is 38.6 Å². The van der Waals surface area contributed by atoms with Crippen molar-refractivity contribution in [1.29, 1.82) is 5.26 Å². The van der Waals surface area contributed by atoms with E-state index < -0.39 is 4.92 Å². The van der Waals surface area contributed by atoms with Crippen LogP contribution in [0.15, 0.2) is 42.6 Å². The molecule has 36 heavy (non-hydrogen) atoms. The van der Waals surface area contributed by atoms with Gasteiger partial charge in [0.2, 0.25) is 5.95 Å². The van der Waals surface area contributed by atoms with Gasteiger partial charge in [-0.25, -0.2) is 9.97 Å². The van der Waals surface area contributed by atoms with E-state index in [1.807, 2.05) is 69.2 Å². The van der Waals surface area contributed by atoms with Gasteiger partial charge in [-0.1, -0.05) is 18.2 Å². The third-order valence-corrected chi connectivity index (χ3v) is 5.95. The van der Waals surface area contributed by atoms with E-state index in [1.54, 1.807) is 10.7 Å². The zero-order valence-corrected chi connectivity index (χ0v) is 20.8. The van der Waals surface area contributed by atoms with Crippen LogP contribution in [0.2, 0.25) is 0 Å². The normalized spacial score (nSPS) is 11.0. The highest BCUT2D eigenvalue weighted by atomic mass is 16.6. The topological polar surface area (TPSA) is 129 Å². The van der Waals surface area contributed by atoms with E-state index in [0.29, 0.717) is 29.3 Å². The summed E-state index contributed by atoms with van der Waals surface area (Å²) >= 11 is 0. The number of fused-ring (bicyclic) bond motifs is 1. The molecule has 2 aromatic carbocycles. The molecule has 0 fully saturated rings. The molecule has 0 radical (unpaired) electrons. The molecule has 0 spiro atoms. The maximum absolute atomic E-state index is 11.9. The number of nitrogens with one attached hydrogen (secondary N) is 1. The predicted molar refractivity (Wildman–Crippen MR) is 139 cm³/mol. The molecule has 0 saturated carbocycles. The van der Waals surface area contributed by atoms with Crippen molar-refractivity contribution in [2.45, 2.75) is 6.92 Å². The fourth-order valence-electron chi connectivity index (χ4n) is 3.95. The number of aromatic nitrogens is 4. The second-order valence-electron chi connectivity index (χ2n) is 8.82. The molecule has 11 heteroatoms. The monoisotopic (exact) mass is 485 g/mol. The van der Waals surface area contributed by atoms with Gasteiger partial charge in [0.15, 0.2) is 0 Å². The van der Waals surface area contributed by atoms with Crippen molar-refractivity contribution in [2.24, 2.45) is 7.05 Å². The van der Waals surface area contributed by atoms with Crippen LogP contribution < -0.4 is 10.2 Å². The third-order valence-electron chi connectivity index (χ3n) is 5.95. The Morgan fingerprint density at radius 2 is 1.92 bits per heavy atom. The molecule has 0 amide bonds. The Balaban J connectivity index is 1.73. The average Bonchev–Trinajstić information content (AvgIpc) is 3.19. The van der Waals surface area contributed by atoms with Crippen LogP contribution in [-0.4, -0.2) is 63.8 Å². The van der Waals surface area contributed by atoms with E-state index >= 15 is 0 Å². The van der Waals surface area contributed by atoms with E-state index in [2.05, 4.69) is 26.5 Å². The molecule has 11 nitrogen and oxygen atoms in total. The second-order valence-corrected chi connectivity index (χ2v) is 8.82. The van der Waals surface area contributed by atoms with E-state index in [0.717, 1.165) is 23.0 Å². The summed E-state index contributed by atoms with van der Waals surface area (Å²) in [5.41, 5.74) is 3.96. The van der Waals surface area contributed by atoms with Gasteiger partial charge in [0.1, 0.15) is 23.1 Å². The molecule has 0 aliphatic heterocycles. The highest BCUT2D eigenvalue weighted by Crippen LogP contribution is 2.35. The molecule has 1 N–H and O–H groups in total. The maximum atomic E-state index is 11.9. The van der Waals surface area contributed by atoms with E-state index in [1.165, 1.54) is 12.3 Å². The van der Waals surface area contributed by atoms with Crippen LogP contribution in [0, 0.1) is 28.4 Å². The fraction of sp³-hybridized carbons (Fsp3) is 0.280. The summed E-state index contributed by atoms with van der Waals surface area (Å²) in [4.78, 5) is 24.3. The summed E-state index contributed by atoms with van der Waals surface area (Å²) in [5.74, 6) is 0.213. The van der Waals surface area contributed by atoms with Gasteiger partial charge >= 0.3 is 0 Å². The smallest absolute Gasteiger partial charge is 0.294 e. The Bertz CT molecular complexity index is 1490. The summed E-state index contributed by atoms with van der Waals surface area (Å²) in [6.45, 7) is 3.27. The van der Waals surface area contributed by atoms with Crippen molar-refractivity contribution in [2.75, 3.05) is 44.4 Å². The van der Waals surface area contributed by atoms with Gasteiger partial charge in [-0.15, -0.1) is 0 Å². The number of rotatable bonds is 8. The Morgan fingerprint density at radius 1 is 1.17 bits per heavy atom. The van der Waals surface area contributed by atoms with Gasteiger partial charge in [-0.3, -0.25) is 14.8 Å². The zero-order valence-electron chi connectivity index (χ0n) is 20.8. The van der Waals surface area contributed by atoms with Crippen LogP contribution in [-0.2, 0) is 7.05 Å². The Morgan fingerprint density at radius 3 is 2.61 bits per heavy atom. The molecular weight excluding hydrogens is 458 g/mol. The van der Waals surface area contributed by atoms with Gasteiger partial charge in [0.05, 0.1) is 27.9 Å². The first kappa shape index (κ1) is 24.6. The first-order chi connectivity index (χ1) is 17.2. The minimum atomic E-state index is -0.392. The third kappa shape index (κ3) is 4.80. The van der Waals surface area contributed by atoms with Crippen LogP contribution in [0.4, 0.5) is 23.0 Å². The molecule has 0 unspecified atom stereocenters. The first-order valence-corrected chi connectivity index (χ1v) is 11.3. The van der Waals surface area contributed by atoms with Crippen LogP contribution >= 0.6 is 0 Å². The average molecular weight is 486 g/mol. The van der Waals surface area contributed by atoms with E-state index in [-0.39, 0.29) is 17.2 Å². The number of anilines is 3. The lowest BCUT2D eigenvalue weighted by Crippen LogP contribution is -2.29. The largest absolute Gasteiger partial charge is 0.368 e. The van der Waals surface area contributed by atoms with Crippen molar-refractivity contribution < 1.29 is 4.92 Å². The first-order valence-electron chi connectivity index (χ1n) is 11.3. The van der Waals surface area contributed by atoms with Crippen molar-refractivity contribution in [1.82, 2.24) is 24.6 Å². The fourth-order valence-corrected chi connectivity index (χ4v) is 3.95. The van der Waals surface area contributed by atoms with E-state index in [9.17, 15) is 15.4 Å². The highest BCUT2D eigenvalue weighted by molar-refractivity contribution is 5.93. The lowest BCUT2D eigenvalue weighted by molar-refractivity contribution is -0.384. The maximum Gasteiger partial charge on any atom is 0.294 e. The molecule has 0 saturated heterocycles. The van der Waals surface area contributed by atoms with E-state index in [4.69, 9.17) is 0 Å². The molecular formula is C25H27N9O2. The minimum Gasteiger partial charge on any atom is -0.368 e. The molecule has 0 aliphatic carbocycles. The molecule has 2 aromatic heterocycles. The predicted octanol–water partition coefficient (Wildman–Crippen LogP) is 3.86. The number of nitro benzene ring substituents is 1. The lowest BCUT2D eigenvalue weighted by Gasteiger charge is -2.22. The number of likely N-dealkylation sites (N-methyl/N-ethyl adjacent to an activating group) is 2. The SMILES string of the molecule is Cc1cc(N(C)CCN(C)C)c([N+](=O)[O-])cc1Nc1ncc(C#N)c(-c2nn(C)c3ccccc23)n1. The number of aryl methyl sites for hydroxylation is 2. The molecule has 2 heterocycles. The lowest BCUT2D eigenvalue weighted by atomic mass is 10.1. The molecule has 4 aromatic rings. The standard InChI is InChI=1S/C25H27N9O2/c1-16-12-21(32(4)11-10-31(2)3)22(34(35)36)13-19(16)28-25-27-15-17(14-26)23(29-25)24-18-8-6-7-9-20(18)33(5)30-24/h6-9,12-13,15H,10-11H2,1-5H3,(H,27,28,29). The minimum absolute atomic E-state index is 0.0195. The van der Waals surface area contributed by atoms with Crippen LogP contribution in [0.3, 0.4) is 0 Å². The second kappa shape index (κ2) is 9.97. The van der Waals surface area contributed by atoms with Crippen molar-refractivity contribution in [3.8, 4) is 17.5 Å². The zero-order chi connectivity index (χ0) is 26.0. The molecule has 0 bridgehead atoms. The number of para-hydroxylation sites is 1. The van der Waals surface area contributed by atoms with Gasteiger partial charge in [0.25, 0.3) is 5.69 Å². The van der Waals surface area contributed by atoms with Crippen LogP contribution in [0.1, 0.15) is 11.1 Å². The van der Waals surface area contributed by atoms with Gasteiger partial charge < -0.3 is 15.1 Å². The van der Waals surface area contributed by atoms with Crippen molar-refractivity contribution in [3.05, 3.63) is 63.8 Å². The number of hydrogen-bond donors (Lipinski definition) is 1. The molecule has 0 aliphatic rings. The summed E-state index contributed by atoms with van der Waals surface area (Å²) in [5, 5.41) is 30.1. The van der Waals surface area contributed by atoms with Crippen molar-refractivity contribution >= 4 is 33.9 Å². The summed E-state index contributed by atoms with van der Waals surface area (Å²) in [6, 6.07) is 13.1. The number of nitro groups is 1. The quantitative estimate of drug-likeness (QED) is 0.292. The van der Waals surface area contributed by atoms with Crippen molar-refractivity contribution in [3.63, 3.8) is 0 Å².